The third-order valence-corrected chi connectivity index (χ3v) is 4.70. The number of nitrogens with one attached hydrogen (secondary N) is 1. The van der Waals surface area contributed by atoms with Crippen molar-refractivity contribution in [1.29, 1.82) is 0 Å². The number of carbonyl (C=O) groups is 2. The predicted octanol–water partition coefficient (Wildman–Crippen LogP) is 1.16. The van der Waals surface area contributed by atoms with Crippen molar-refractivity contribution in [3.8, 4) is 0 Å². The smallest absolute Gasteiger partial charge is 0.323 e. The molecule has 1 saturated carbocycles. The number of imide groups is 1. The zero-order chi connectivity index (χ0) is 15.4. The summed E-state index contributed by atoms with van der Waals surface area (Å²) in [7, 11) is 1.89. The highest BCUT2D eigenvalue weighted by atomic mass is 16.2. The lowest BCUT2D eigenvalue weighted by atomic mass is 9.88. The summed E-state index contributed by atoms with van der Waals surface area (Å²) in [5.74, 6) is 1.91. The van der Waals surface area contributed by atoms with Crippen molar-refractivity contribution in [2.75, 3.05) is 0 Å². The fourth-order valence-corrected chi connectivity index (χ4v) is 2.60. The largest absolute Gasteiger partial charge is 0.325 e. The van der Waals surface area contributed by atoms with Gasteiger partial charge in [-0.25, -0.2) is 4.79 Å². The summed E-state index contributed by atoms with van der Waals surface area (Å²) < 4.78 is 1.91. The maximum Gasteiger partial charge on any atom is 0.325 e. The number of nitrogens with zero attached hydrogens (tertiary/aromatic N) is 4. The molecule has 21 heavy (non-hydrogen) atoms. The predicted molar refractivity (Wildman–Crippen MR) is 75.3 cm³/mol. The first-order valence-corrected chi connectivity index (χ1v) is 7.37. The second-order valence-electron chi connectivity index (χ2n) is 6.49. The van der Waals surface area contributed by atoms with Gasteiger partial charge in [0.2, 0.25) is 0 Å². The van der Waals surface area contributed by atoms with Gasteiger partial charge in [-0.3, -0.25) is 9.69 Å². The molecule has 2 fully saturated rings. The van der Waals surface area contributed by atoms with E-state index < -0.39 is 5.54 Å². The third-order valence-electron chi connectivity index (χ3n) is 4.70. The molecule has 2 heterocycles. The highest BCUT2D eigenvalue weighted by Gasteiger charge is 2.50. The van der Waals surface area contributed by atoms with Crippen LogP contribution in [0.4, 0.5) is 4.79 Å². The fourth-order valence-electron chi connectivity index (χ4n) is 2.60. The van der Waals surface area contributed by atoms with Gasteiger partial charge in [-0.15, -0.1) is 10.2 Å². The Morgan fingerprint density at radius 1 is 1.33 bits per heavy atom. The average Bonchev–Trinajstić information content (AvgIpc) is 3.15. The van der Waals surface area contributed by atoms with Gasteiger partial charge in [0.25, 0.3) is 5.91 Å². The summed E-state index contributed by atoms with van der Waals surface area (Å²) >= 11 is 0. The van der Waals surface area contributed by atoms with Crippen LogP contribution in [0.3, 0.4) is 0 Å². The van der Waals surface area contributed by atoms with Crippen LogP contribution in [0.2, 0.25) is 0 Å². The topological polar surface area (TPSA) is 80.1 Å². The number of rotatable bonds is 4. The molecule has 1 N–H and O–H groups in total. The number of hydrogen-bond acceptors (Lipinski definition) is 4. The van der Waals surface area contributed by atoms with Crippen molar-refractivity contribution in [3.05, 3.63) is 11.6 Å². The molecule has 1 saturated heterocycles. The van der Waals surface area contributed by atoms with Crippen LogP contribution in [0, 0.1) is 5.92 Å². The minimum atomic E-state index is -0.838. The molecule has 1 aromatic heterocycles. The van der Waals surface area contributed by atoms with Gasteiger partial charge in [0.15, 0.2) is 5.82 Å². The Balaban J connectivity index is 1.82. The molecular weight excluding hydrogens is 270 g/mol. The van der Waals surface area contributed by atoms with Crippen molar-refractivity contribution >= 4 is 11.9 Å². The first-order valence-electron chi connectivity index (χ1n) is 7.37. The molecule has 114 valence electrons. The number of urea groups is 1. The van der Waals surface area contributed by atoms with Crippen LogP contribution in [0.5, 0.6) is 0 Å². The highest BCUT2D eigenvalue weighted by molar-refractivity contribution is 6.06. The molecule has 1 atom stereocenters. The second-order valence-corrected chi connectivity index (χ2v) is 6.49. The van der Waals surface area contributed by atoms with Crippen molar-refractivity contribution in [1.82, 2.24) is 25.0 Å². The Morgan fingerprint density at radius 3 is 2.52 bits per heavy atom. The van der Waals surface area contributed by atoms with E-state index >= 15 is 0 Å². The van der Waals surface area contributed by atoms with Gasteiger partial charge in [-0.1, -0.05) is 13.8 Å². The molecule has 0 bridgehead atoms. The molecule has 3 rings (SSSR count). The lowest BCUT2D eigenvalue weighted by molar-refractivity contribution is -0.132. The van der Waals surface area contributed by atoms with Crippen molar-refractivity contribution in [2.24, 2.45) is 13.0 Å². The van der Waals surface area contributed by atoms with Gasteiger partial charge in [-0.05, 0) is 25.7 Å². The van der Waals surface area contributed by atoms with Crippen LogP contribution in [0.15, 0.2) is 0 Å². The van der Waals surface area contributed by atoms with Gasteiger partial charge < -0.3 is 9.88 Å². The Kier molecular flexibility index (Phi) is 3.04. The van der Waals surface area contributed by atoms with E-state index in [1.165, 1.54) is 4.90 Å². The van der Waals surface area contributed by atoms with Gasteiger partial charge in [0, 0.05) is 13.0 Å². The molecule has 0 radical (unpaired) electrons. The minimum absolute atomic E-state index is 0.0282. The summed E-state index contributed by atoms with van der Waals surface area (Å²) in [4.78, 5) is 25.9. The van der Waals surface area contributed by atoms with Crippen LogP contribution in [0.25, 0.3) is 0 Å². The van der Waals surface area contributed by atoms with Crippen LogP contribution in [-0.2, 0) is 18.4 Å². The Bertz CT molecular complexity index is 605. The summed E-state index contributed by atoms with van der Waals surface area (Å²) in [5.41, 5.74) is -0.838. The van der Waals surface area contributed by atoms with Crippen molar-refractivity contribution in [2.45, 2.75) is 51.6 Å². The zero-order valence-electron chi connectivity index (χ0n) is 12.9. The highest BCUT2D eigenvalue weighted by Crippen LogP contribution is 2.39. The molecule has 0 spiro atoms. The lowest BCUT2D eigenvalue weighted by Gasteiger charge is -2.25. The fraction of sp³-hybridized carbons (Fsp3) is 0.714. The number of aromatic nitrogens is 3. The van der Waals surface area contributed by atoms with E-state index in [1.54, 1.807) is 6.92 Å². The Labute approximate surface area is 123 Å². The molecule has 1 aliphatic carbocycles. The van der Waals surface area contributed by atoms with E-state index in [0.717, 1.165) is 18.7 Å². The number of carbonyl (C=O) groups excluding carboxylic acids is 2. The molecule has 7 nitrogen and oxygen atoms in total. The zero-order valence-corrected chi connectivity index (χ0v) is 12.9. The standard InChI is InChI=1S/C14H21N5O2/c1-8(2)14(3)12(20)19(13(21)15-14)7-10-16-17-11(18(10)4)9-5-6-9/h8-9H,5-7H2,1-4H3,(H,15,21)/t14-/m1/s1. The quantitative estimate of drug-likeness (QED) is 0.844. The van der Waals surface area contributed by atoms with Gasteiger partial charge >= 0.3 is 6.03 Å². The van der Waals surface area contributed by atoms with E-state index in [0.29, 0.717) is 11.7 Å². The first kappa shape index (κ1) is 14.0. The summed E-state index contributed by atoms with van der Waals surface area (Å²) in [6, 6.07) is -0.354. The maximum atomic E-state index is 12.5. The summed E-state index contributed by atoms with van der Waals surface area (Å²) in [5, 5.41) is 11.1. The molecule has 2 aliphatic rings. The lowest BCUT2D eigenvalue weighted by Crippen LogP contribution is -2.48. The second kappa shape index (κ2) is 4.54. The minimum Gasteiger partial charge on any atom is -0.323 e. The van der Waals surface area contributed by atoms with Crippen molar-refractivity contribution in [3.63, 3.8) is 0 Å². The van der Waals surface area contributed by atoms with Crippen LogP contribution < -0.4 is 5.32 Å². The Hall–Kier alpha value is -1.92. The van der Waals surface area contributed by atoms with E-state index in [9.17, 15) is 9.59 Å². The van der Waals surface area contributed by atoms with E-state index in [4.69, 9.17) is 0 Å². The third kappa shape index (κ3) is 2.11. The summed E-state index contributed by atoms with van der Waals surface area (Å²) in [6.07, 6.45) is 2.28. The first-order chi connectivity index (χ1) is 9.84. The maximum absolute atomic E-state index is 12.5. The molecule has 0 unspecified atom stereocenters. The van der Waals surface area contributed by atoms with E-state index in [1.807, 2.05) is 25.5 Å². The van der Waals surface area contributed by atoms with E-state index in [-0.39, 0.29) is 24.4 Å². The molecule has 7 heteroatoms. The number of amides is 3. The monoisotopic (exact) mass is 291 g/mol. The van der Waals surface area contributed by atoms with Crippen molar-refractivity contribution < 1.29 is 9.59 Å². The van der Waals surface area contributed by atoms with Crippen LogP contribution >= 0.6 is 0 Å². The van der Waals surface area contributed by atoms with Gasteiger partial charge in [-0.2, -0.15) is 0 Å². The molecular formula is C14H21N5O2. The van der Waals surface area contributed by atoms with Gasteiger partial charge in [0.1, 0.15) is 11.4 Å². The SMILES string of the molecule is CC(C)[C@@]1(C)NC(=O)N(Cc2nnc(C3CC3)n2C)C1=O. The molecule has 1 aromatic rings. The molecule has 0 aromatic carbocycles. The van der Waals surface area contributed by atoms with E-state index in [2.05, 4.69) is 15.5 Å². The normalized spacial score (nSPS) is 25.9. The average molecular weight is 291 g/mol. The van der Waals surface area contributed by atoms with Gasteiger partial charge in [0.05, 0.1) is 6.54 Å². The number of hydrogen-bond donors (Lipinski definition) is 1. The van der Waals surface area contributed by atoms with Crippen LogP contribution in [0.1, 0.15) is 51.2 Å². The molecule has 3 amide bonds. The Morgan fingerprint density at radius 2 is 2.00 bits per heavy atom. The van der Waals surface area contributed by atoms with Crippen LogP contribution in [-0.4, -0.2) is 37.1 Å². The molecule has 1 aliphatic heterocycles. The summed E-state index contributed by atoms with van der Waals surface area (Å²) in [6.45, 7) is 5.79.